The zero-order valence-corrected chi connectivity index (χ0v) is 18.7. The van der Waals surface area contributed by atoms with Crippen molar-refractivity contribution < 1.29 is 29.0 Å². The Labute approximate surface area is 192 Å². The molecule has 33 heavy (non-hydrogen) atoms. The quantitative estimate of drug-likeness (QED) is 0.669. The fourth-order valence-electron chi connectivity index (χ4n) is 4.85. The number of alkyl carbamates (subject to hydrolysis) is 1. The highest BCUT2D eigenvalue weighted by molar-refractivity contribution is 5.92. The van der Waals surface area contributed by atoms with Crippen molar-refractivity contribution in [3.05, 3.63) is 59.7 Å². The van der Waals surface area contributed by atoms with E-state index in [4.69, 9.17) is 9.47 Å². The van der Waals surface area contributed by atoms with Crippen molar-refractivity contribution in [3.63, 3.8) is 0 Å². The summed E-state index contributed by atoms with van der Waals surface area (Å²) in [6.45, 7) is 1.87. The van der Waals surface area contributed by atoms with Crippen LogP contribution >= 0.6 is 0 Å². The van der Waals surface area contributed by atoms with Gasteiger partial charge in [0, 0.05) is 19.6 Å². The van der Waals surface area contributed by atoms with Crippen LogP contribution in [0.3, 0.4) is 0 Å². The van der Waals surface area contributed by atoms with Crippen LogP contribution in [0.1, 0.15) is 36.8 Å². The van der Waals surface area contributed by atoms with Gasteiger partial charge in [-0.25, -0.2) is 9.59 Å². The Morgan fingerprint density at radius 1 is 1.12 bits per heavy atom. The van der Waals surface area contributed by atoms with Gasteiger partial charge in [-0.15, -0.1) is 0 Å². The maximum absolute atomic E-state index is 13.1. The number of nitrogens with one attached hydrogen (secondary N) is 1. The predicted molar refractivity (Wildman–Crippen MR) is 121 cm³/mol. The molecule has 1 heterocycles. The number of rotatable bonds is 7. The van der Waals surface area contributed by atoms with E-state index in [1.165, 1.54) is 18.9 Å². The molecule has 1 unspecified atom stereocenters. The van der Waals surface area contributed by atoms with E-state index in [0.717, 1.165) is 22.3 Å². The van der Waals surface area contributed by atoms with Gasteiger partial charge < -0.3 is 24.8 Å². The number of hydrogen-bond acceptors (Lipinski definition) is 5. The highest BCUT2D eigenvalue weighted by Gasteiger charge is 2.47. The molecule has 0 radical (unpaired) electrons. The van der Waals surface area contributed by atoms with E-state index in [2.05, 4.69) is 17.4 Å². The zero-order valence-electron chi connectivity index (χ0n) is 18.7. The minimum absolute atomic E-state index is 0.0881. The van der Waals surface area contributed by atoms with Crippen LogP contribution < -0.4 is 5.32 Å². The molecule has 174 valence electrons. The fraction of sp³-hybridized carbons (Fsp3) is 0.400. The lowest BCUT2D eigenvalue weighted by molar-refractivity contribution is -0.156. The number of carboxylic acids is 1. The number of methoxy groups -OCH3 is 1. The Morgan fingerprint density at radius 3 is 2.30 bits per heavy atom. The van der Waals surface area contributed by atoms with E-state index in [1.807, 2.05) is 36.4 Å². The third kappa shape index (κ3) is 4.18. The van der Waals surface area contributed by atoms with Crippen LogP contribution in [0, 0.1) is 0 Å². The Kier molecular flexibility index (Phi) is 6.37. The molecule has 0 bridgehead atoms. The number of ether oxygens (including phenoxy) is 2. The van der Waals surface area contributed by atoms with Gasteiger partial charge in [0.15, 0.2) is 0 Å². The fourth-order valence-corrected chi connectivity index (χ4v) is 4.85. The van der Waals surface area contributed by atoms with Crippen LogP contribution in [0.5, 0.6) is 0 Å². The lowest BCUT2D eigenvalue weighted by Crippen LogP contribution is -2.58. The largest absolute Gasteiger partial charge is 0.480 e. The average molecular weight is 453 g/mol. The number of carboxylic acid groups (broad SMARTS) is 1. The Bertz CT molecular complexity index is 1020. The summed E-state index contributed by atoms with van der Waals surface area (Å²) >= 11 is 0. The number of aliphatic carboxylic acids is 1. The maximum atomic E-state index is 13.1. The van der Waals surface area contributed by atoms with Gasteiger partial charge in [0.2, 0.25) is 5.91 Å². The van der Waals surface area contributed by atoms with Crippen LogP contribution in [0.4, 0.5) is 4.79 Å². The van der Waals surface area contributed by atoms with Crippen LogP contribution in [0.2, 0.25) is 0 Å². The number of carbonyl (C=O) groups is 3. The molecule has 4 rings (SSSR count). The summed E-state index contributed by atoms with van der Waals surface area (Å²) < 4.78 is 10.7. The van der Waals surface area contributed by atoms with Gasteiger partial charge in [-0.05, 0) is 42.0 Å². The van der Waals surface area contributed by atoms with Crippen LogP contribution in [0.25, 0.3) is 11.1 Å². The monoisotopic (exact) mass is 452 g/mol. The molecule has 1 fully saturated rings. The Morgan fingerprint density at radius 2 is 1.73 bits per heavy atom. The smallest absolute Gasteiger partial charge is 0.407 e. The summed E-state index contributed by atoms with van der Waals surface area (Å²) in [5.41, 5.74) is 3.12. The van der Waals surface area contributed by atoms with Crippen LogP contribution in [-0.4, -0.2) is 66.4 Å². The topological polar surface area (TPSA) is 105 Å². The molecule has 8 nitrogen and oxygen atoms in total. The molecule has 1 aliphatic heterocycles. The first-order valence-electron chi connectivity index (χ1n) is 11.0. The average Bonchev–Trinajstić information content (AvgIpc) is 3.36. The van der Waals surface area contributed by atoms with Gasteiger partial charge in [0.1, 0.15) is 18.2 Å². The first-order chi connectivity index (χ1) is 15.9. The molecule has 2 aliphatic rings. The molecule has 8 heteroatoms. The van der Waals surface area contributed by atoms with Crippen molar-refractivity contribution in [3.8, 4) is 11.1 Å². The molecule has 2 atom stereocenters. The van der Waals surface area contributed by atoms with E-state index >= 15 is 0 Å². The first-order valence-corrected chi connectivity index (χ1v) is 11.0. The van der Waals surface area contributed by atoms with Crippen molar-refractivity contribution in [1.29, 1.82) is 0 Å². The van der Waals surface area contributed by atoms with Crippen molar-refractivity contribution >= 4 is 18.0 Å². The van der Waals surface area contributed by atoms with E-state index in [0.29, 0.717) is 19.4 Å². The molecule has 2 aromatic rings. The zero-order chi connectivity index (χ0) is 23.6. The summed E-state index contributed by atoms with van der Waals surface area (Å²) in [5.74, 6) is -1.66. The lowest BCUT2D eigenvalue weighted by Gasteiger charge is -2.33. The molecule has 0 spiro atoms. The van der Waals surface area contributed by atoms with Gasteiger partial charge >= 0.3 is 12.1 Å². The van der Waals surface area contributed by atoms with E-state index < -0.39 is 29.6 Å². The van der Waals surface area contributed by atoms with Crippen molar-refractivity contribution in [1.82, 2.24) is 10.2 Å². The van der Waals surface area contributed by atoms with Crippen molar-refractivity contribution in [2.75, 3.05) is 26.9 Å². The minimum atomic E-state index is -1.30. The van der Waals surface area contributed by atoms with E-state index in [-0.39, 0.29) is 19.1 Å². The normalized spacial score (nSPS) is 20.1. The van der Waals surface area contributed by atoms with Gasteiger partial charge in [0.05, 0.1) is 6.61 Å². The number of carbonyl (C=O) groups excluding carboxylic acids is 2. The highest BCUT2D eigenvalue weighted by atomic mass is 16.5. The third-order valence-electron chi connectivity index (χ3n) is 6.63. The lowest BCUT2D eigenvalue weighted by atomic mass is 9.98. The van der Waals surface area contributed by atoms with Gasteiger partial charge in [0.25, 0.3) is 0 Å². The number of fused-ring (bicyclic) bond motifs is 3. The second-order valence-corrected chi connectivity index (χ2v) is 8.65. The highest BCUT2D eigenvalue weighted by Crippen LogP contribution is 2.44. The summed E-state index contributed by atoms with van der Waals surface area (Å²) in [6, 6.07) is 15.0. The van der Waals surface area contributed by atoms with Gasteiger partial charge in [-0.3, -0.25) is 4.79 Å². The Balaban J connectivity index is 1.44. The number of nitrogens with zero attached hydrogens (tertiary/aromatic N) is 1. The molecular formula is C25H28N2O6. The number of amides is 2. The molecule has 1 saturated heterocycles. The van der Waals surface area contributed by atoms with Crippen LogP contribution in [0.15, 0.2) is 48.5 Å². The summed E-state index contributed by atoms with van der Waals surface area (Å²) in [4.78, 5) is 38.8. The number of likely N-dealkylation sites (tertiary alicyclic amines) is 1. The van der Waals surface area contributed by atoms with Crippen LogP contribution in [-0.2, 0) is 19.1 Å². The first kappa shape index (κ1) is 22.8. The third-order valence-corrected chi connectivity index (χ3v) is 6.63. The molecule has 1 aliphatic carbocycles. The maximum Gasteiger partial charge on any atom is 0.407 e. The molecule has 0 aromatic heterocycles. The molecule has 2 aromatic carbocycles. The number of benzene rings is 2. The molecule has 2 N–H and O–H groups in total. The SMILES string of the molecule is COCC(NC(=O)OCC1c2ccccc2-c2ccccc21)C(=O)N1CCC[C@@]1(C)C(=O)O. The molecular weight excluding hydrogens is 424 g/mol. The second-order valence-electron chi connectivity index (χ2n) is 8.65. The molecule has 0 saturated carbocycles. The standard InChI is InChI=1S/C25H28N2O6/c1-25(23(29)30)12-7-13-27(25)22(28)21(15-32-2)26-24(31)33-14-20-18-10-5-3-8-16(18)17-9-4-6-11-19(17)20/h3-6,8-11,20-21H,7,12-15H2,1-2H3,(H,26,31)(H,29,30)/t21?,25-/m0/s1. The summed E-state index contributed by atoms with van der Waals surface area (Å²) in [7, 11) is 1.42. The van der Waals surface area contributed by atoms with Gasteiger partial charge in [-0.1, -0.05) is 48.5 Å². The molecule has 2 amide bonds. The van der Waals surface area contributed by atoms with Crippen molar-refractivity contribution in [2.45, 2.75) is 37.3 Å². The van der Waals surface area contributed by atoms with Crippen molar-refractivity contribution in [2.24, 2.45) is 0 Å². The number of hydrogen-bond donors (Lipinski definition) is 2. The van der Waals surface area contributed by atoms with E-state index in [9.17, 15) is 19.5 Å². The minimum Gasteiger partial charge on any atom is -0.480 e. The second kappa shape index (κ2) is 9.23. The van der Waals surface area contributed by atoms with Gasteiger partial charge in [-0.2, -0.15) is 0 Å². The summed E-state index contributed by atoms with van der Waals surface area (Å²) in [6.07, 6.45) is 0.196. The van der Waals surface area contributed by atoms with E-state index in [1.54, 1.807) is 0 Å². The Hall–Kier alpha value is -3.39. The predicted octanol–water partition coefficient (Wildman–Crippen LogP) is 3.01. The summed E-state index contributed by atoms with van der Waals surface area (Å²) in [5, 5.41) is 12.2.